The van der Waals surface area contributed by atoms with E-state index in [0.29, 0.717) is 17.1 Å². The minimum absolute atomic E-state index is 0.121. The standard InChI is InChI=1S/C22H24FIN4O3S2/c1-11-17(33-20(11)25-2)19(30)27-18(24)22(31)28-9-3-4-15(28)21-26-14(10-32-21)16(29)12-5-7-13(23)8-6-12/h5-8,10-11,15,17-18,20,25H,3-4,9H2,1-2H3,(H,27,30)/t11-,15?,17?,18+,20?/m0/s1. The van der Waals surface area contributed by atoms with Crippen LogP contribution in [0.5, 0.6) is 0 Å². The van der Waals surface area contributed by atoms with Gasteiger partial charge in [0.05, 0.1) is 16.7 Å². The van der Waals surface area contributed by atoms with Gasteiger partial charge in [0.15, 0.2) is 4.05 Å². The molecule has 1 aromatic heterocycles. The number of thioether (sulfide) groups is 1. The number of likely N-dealkylation sites (tertiary alicyclic amines) is 1. The highest BCUT2D eigenvalue weighted by Gasteiger charge is 2.44. The first-order chi connectivity index (χ1) is 15.8. The Kier molecular flexibility index (Phi) is 7.71. The molecule has 2 aromatic rings. The molecule has 0 spiro atoms. The molecule has 2 N–H and O–H groups in total. The maximum Gasteiger partial charge on any atom is 0.256 e. The van der Waals surface area contributed by atoms with Crippen molar-refractivity contribution in [2.75, 3.05) is 13.6 Å². The number of aromatic nitrogens is 1. The molecule has 2 aliphatic rings. The van der Waals surface area contributed by atoms with Crippen LogP contribution >= 0.6 is 45.7 Å². The fourth-order valence-corrected chi connectivity index (χ4v) is 6.89. The molecule has 0 saturated carbocycles. The zero-order chi connectivity index (χ0) is 23.7. The number of nitrogens with zero attached hydrogens (tertiary/aromatic N) is 2. The van der Waals surface area contributed by atoms with Gasteiger partial charge in [0.2, 0.25) is 11.7 Å². The van der Waals surface area contributed by atoms with Crippen molar-refractivity contribution in [3.8, 4) is 0 Å². The lowest BCUT2D eigenvalue weighted by Gasteiger charge is -2.41. The number of rotatable bonds is 7. The van der Waals surface area contributed by atoms with Gasteiger partial charge in [0, 0.05) is 23.4 Å². The van der Waals surface area contributed by atoms with Gasteiger partial charge in [-0.1, -0.05) is 6.92 Å². The quantitative estimate of drug-likeness (QED) is 0.219. The van der Waals surface area contributed by atoms with E-state index in [0.717, 1.165) is 12.8 Å². The molecule has 11 heteroatoms. The van der Waals surface area contributed by atoms with E-state index in [4.69, 9.17) is 0 Å². The predicted molar refractivity (Wildman–Crippen MR) is 135 cm³/mol. The van der Waals surface area contributed by atoms with Crippen LogP contribution in [-0.2, 0) is 9.59 Å². The van der Waals surface area contributed by atoms with Gasteiger partial charge in [-0.05, 0) is 66.7 Å². The number of halogens is 2. The average Bonchev–Trinajstić information content (AvgIpc) is 3.47. The summed E-state index contributed by atoms with van der Waals surface area (Å²) in [6, 6.07) is 5.14. The lowest BCUT2D eigenvalue weighted by atomic mass is 10.1. The number of thiazole rings is 1. The normalized spacial score (nSPS) is 25.4. The summed E-state index contributed by atoms with van der Waals surface area (Å²) in [6.07, 6.45) is 1.58. The minimum atomic E-state index is -0.669. The lowest BCUT2D eigenvalue weighted by Crippen LogP contribution is -2.55. The van der Waals surface area contributed by atoms with Crippen molar-refractivity contribution in [2.24, 2.45) is 5.92 Å². The Morgan fingerprint density at radius 2 is 2.00 bits per heavy atom. The van der Waals surface area contributed by atoms with Crippen molar-refractivity contribution >= 4 is 63.3 Å². The summed E-state index contributed by atoms with van der Waals surface area (Å²) in [5.41, 5.74) is 0.654. The van der Waals surface area contributed by atoms with Crippen molar-refractivity contribution in [2.45, 2.75) is 40.5 Å². The third-order valence-corrected chi connectivity index (χ3v) is 9.64. The van der Waals surface area contributed by atoms with Crippen molar-refractivity contribution in [1.82, 2.24) is 20.5 Å². The number of benzene rings is 1. The molecule has 2 aliphatic heterocycles. The Labute approximate surface area is 213 Å². The van der Waals surface area contributed by atoms with E-state index in [1.165, 1.54) is 35.6 Å². The second-order valence-corrected chi connectivity index (χ2v) is 11.5. The third kappa shape index (κ3) is 5.10. The highest BCUT2D eigenvalue weighted by molar-refractivity contribution is 14.1. The summed E-state index contributed by atoms with van der Waals surface area (Å²) < 4.78 is 12.5. The van der Waals surface area contributed by atoms with Crippen LogP contribution in [0.15, 0.2) is 29.6 Å². The Balaban J connectivity index is 1.40. The van der Waals surface area contributed by atoms with E-state index in [9.17, 15) is 18.8 Å². The predicted octanol–water partition coefficient (Wildman–Crippen LogP) is 3.35. The second kappa shape index (κ2) is 10.4. The Morgan fingerprint density at radius 1 is 1.27 bits per heavy atom. The SMILES string of the molecule is CNC1SC(C(=O)N[C@@H](I)C(=O)N2CCCC2c2nc(C(=O)c3ccc(F)cc3)cs2)[C@@H]1C. The number of carbonyl (C=O) groups excluding carboxylic acids is 3. The summed E-state index contributed by atoms with van der Waals surface area (Å²) in [7, 11) is 1.87. The van der Waals surface area contributed by atoms with Gasteiger partial charge in [-0.2, -0.15) is 0 Å². The van der Waals surface area contributed by atoms with E-state index in [1.54, 1.807) is 22.0 Å². The molecule has 33 heavy (non-hydrogen) atoms. The molecule has 0 aliphatic carbocycles. The Morgan fingerprint density at radius 3 is 2.67 bits per heavy atom. The average molecular weight is 602 g/mol. The van der Waals surface area contributed by atoms with Crippen LogP contribution in [0.3, 0.4) is 0 Å². The molecule has 7 nitrogen and oxygen atoms in total. The molecule has 2 saturated heterocycles. The Bertz CT molecular complexity index is 1050. The van der Waals surface area contributed by atoms with Crippen molar-refractivity contribution in [3.63, 3.8) is 0 Å². The zero-order valence-corrected chi connectivity index (χ0v) is 21.9. The fourth-order valence-electron chi connectivity index (χ4n) is 4.10. The van der Waals surface area contributed by atoms with Crippen molar-refractivity contribution in [3.05, 3.63) is 51.7 Å². The number of amides is 2. The van der Waals surface area contributed by atoms with Crippen molar-refractivity contribution in [1.29, 1.82) is 0 Å². The summed E-state index contributed by atoms with van der Waals surface area (Å²) in [4.78, 5) is 44.7. The van der Waals surface area contributed by atoms with Crippen LogP contribution in [0.25, 0.3) is 0 Å². The molecular formula is C22H24FIN4O3S2. The fraction of sp³-hybridized carbons (Fsp3) is 0.455. The van der Waals surface area contributed by atoms with E-state index >= 15 is 0 Å². The number of hydrogen-bond acceptors (Lipinski definition) is 7. The molecule has 1 aromatic carbocycles. The zero-order valence-electron chi connectivity index (χ0n) is 18.1. The van der Waals surface area contributed by atoms with Crippen molar-refractivity contribution < 1.29 is 18.8 Å². The maximum absolute atomic E-state index is 13.2. The first-order valence-corrected chi connectivity index (χ1v) is 13.7. The summed E-state index contributed by atoms with van der Waals surface area (Å²) >= 11 is 4.88. The maximum atomic E-state index is 13.2. The highest BCUT2D eigenvalue weighted by Crippen LogP contribution is 2.40. The molecule has 3 heterocycles. The van der Waals surface area contributed by atoms with Gasteiger partial charge < -0.3 is 15.5 Å². The first-order valence-electron chi connectivity index (χ1n) is 10.6. The van der Waals surface area contributed by atoms with Crippen LogP contribution in [-0.4, -0.2) is 55.7 Å². The highest BCUT2D eigenvalue weighted by atomic mass is 127. The monoisotopic (exact) mass is 602 g/mol. The van der Waals surface area contributed by atoms with Gasteiger partial charge in [0.25, 0.3) is 5.91 Å². The number of nitrogens with one attached hydrogen (secondary N) is 2. The largest absolute Gasteiger partial charge is 0.335 e. The summed E-state index contributed by atoms with van der Waals surface area (Å²) in [6.45, 7) is 2.60. The molecule has 5 atom stereocenters. The van der Waals surface area contributed by atoms with E-state index in [1.807, 2.05) is 36.6 Å². The molecule has 2 amide bonds. The first kappa shape index (κ1) is 24.6. The van der Waals surface area contributed by atoms with Gasteiger partial charge in [0.1, 0.15) is 16.5 Å². The molecule has 176 valence electrons. The second-order valence-electron chi connectivity index (χ2n) is 8.09. The van der Waals surface area contributed by atoms with Gasteiger partial charge in [-0.25, -0.2) is 9.37 Å². The number of alkyl halides is 1. The van der Waals surface area contributed by atoms with E-state index in [2.05, 4.69) is 15.6 Å². The van der Waals surface area contributed by atoms with Gasteiger partial charge >= 0.3 is 0 Å². The van der Waals surface area contributed by atoms with Crippen LogP contribution in [0.2, 0.25) is 0 Å². The van der Waals surface area contributed by atoms with Crippen LogP contribution < -0.4 is 10.6 Å². The molecule has 4 rings (SSSR count). The Hall–Kier alpha value is -1.57. The molecule has 3 unspecified atom stereocenters. The number of ketones is 1. The number of hydrogen-bond donors (Lipinski definition) is 2. The molecule has 2 fully saturated rings. The molecular weight excluding hydrogens is 578 g/mol. The van der Waals surface area contributed by atoms with Crippen LogP contribution in [0.4, 0.5) is 4.39 Å². The third-order valence-electron chi connectivity index (χ3n) is 5.96. The van der Waals surface area contributed by atoms with Gasteiger partial charge in [-0.3, -0.25) is 14.4 Å². The molecule has 0 bridgehead atoms. The van der Waals surface area contributed by atoms with Gasteiger partial charge in [-0.15, -0.1) is 23.1 Å². The van der Waals surface area contributed by atoms with Crippen LogP contribution in [0.1, 0.15) is 46.9 Å². The number of carbonyl (C=O) groups is 3. The van der Waals surface area contributed by atoms with Crippen LogP contribution in [0, 0.1) is 11.7 Å². The topological polar surface area (TPSA) is 91.4 Å². The minimum Gasteiger partial charge on any atom is -0.335 e. The lowest BCUT2D eigenvalue weighted by molar-refractivity contribution is -0.134. The summed E-state index contributed by atoms with van der Waals surface area (Å²) in [5.74, 6) is -0.762. The van der Waals surface area contributed by atoms with E-state index in [-0.39, 0.29) is 45.9 Å². The van der Waals surface area contributed by atoms with E-state index < -0.39 is 9.87 Å². The smallest absolute Gasteiger partial charge is 0.256 e. The molecule has 0 radical (unpaired) electrons. The summed E-state index contributed by atoms with van der Waals surface area (Å²) in [5, 5.41) is 8.49.